The molecule has 1 aliphatic heterocycles. The summed E-state index contributed by atoms with van der Waals surface area (Å²) >= 11 is 0. The number of ketones is 1. The fraction of sp³-hybridized carbons (Fsp3) is 0.667. The van der Waals surface area contributed by atoms with E-state index in [1.807, 2.05) is 6.92 Å². The summed E-state index contributed by atoms with van der Waals surface area (Å²) in [5, 5.41) is 11.7. The second kappa shape index (κ2) is 7.68. The molecule has 3 fully saturated rings. The lowest BCUT2D eigenvalue weighted by Crippen LogP contribution is -2.72. The zero-order valence-electron chi connectivity index (χ0n) is 19.6. The Morgan fingerprint density at radius 1 is 1.24 bits per heavy atom. The molecule has 0 unspecified atom stereocenters. The fourth-order valence-electron chi connectivity index (χ4n) is 6.66. The van der Waals surface area contributed by atoms with Crippen molar-refractivity contribution in [1.82, 2.24) is 4.90 Å². The van der Waals surface area contributed by atoms with Gasteiger partial charge in [-0.1, -0.05) is 13.8 Å². The lowest BCUT2D eigenvalue weighted by atomic mass is 9.41. The first-order valence-corrected chi connectivity index (χ1v) is 11.2. The van der Waals surface area contributed by atoms with E-state index < -0.39 is 52.4 Å². The summed E-state index contributed by atoms with van der Waals surface area (Å²) in [6.07, 6.45) is 2.86. The summed E-state index contributed by atoms with van der Waals surface area (Å²) in [4.78, 5) is 53.7. The van der Waals surface area contributed by atoms with Gasteiger partial charge in [0.25, 0.3) is 0 Å². The highest BCUT2D eigenvalue weighted by Gasteiger charge is 2.73. The van der Waals surface area contributed by atoms with Crippen LogP contribution >= 0.6 is 0 Å². The van der Waals surface area contributed by atoms with Crippen LogP contribution in [0.2, 0.25) is 0 Å². The van der Waals surface area contributed by atoms with E-state index in [1.54, 1.807) is 13.0 Å². The highest BCUT2D eigenvalue weighted by Crippen LogP contribution is 2.66. The van der Waals surface area contributed by atoms with Gasteiger partial charge in [0.1, 0.15) is 6.10 Å². The smallest absolute Gasteiger partial charge is 0.339 e. The van der Waals surface area contributed by atoms with Crippen molar-refractivity contribution in [3.05, 3.63) is 24.2 Å². The van der Waals surface area contributed by atoms with Gasteiger partial charge >= 0.3 is 11.9 Å². The Morgan fingerprint density at radius 3 is 2.52 bits per heavy atom. The van der Waals surface area contributed by atoms with E-state index >= 15 is 0 Å². The first-order valence-electron chi connectivity index (χ1n) is 11.2. The van der Waals surface area contributed by atoms with E-state index in [2.05, 4.69) is 0 Å². The molecule has 0 bridgehead atoms. The van der Waals surface area contributed by atoms with Crippen LogP contribution in [0.3, 0.4) is 0 Å². The Hall–Kier alpha value is -2.68. The molecule has 3 aliphatic rings. The van der Waals surface area contributed by atoms with E-state index in [4.69, 9.17) is 13.9 Å². The minimum absolute atomic E-state index is 0.0570. The maximum Gasteiger partial charge on any atom is 0.339 e. The standard InChI is InChI=1S/C24H31NO8/c1-13(26)25(4)16-10-15(20(28)31-5)22(2)7-8-24(30)21(29)33-17(14-6-9-32-12-14)11-23(24,3)19(22)18(16)27/h6,9,12,15-17,19,30H,7-8,10-11H2,1-5H3/t15-,16+,17+,19-,22-,23+,24+/m0/s1. The van der Waals surface area contributed by atoms with E-state index in [0.717, 1.165) is 0 Å². The van der Waals surface area contributed by atoms with E-state index in [0.29, 0.717) is 5.56 Å². The van der Waals surface area contributed by atoms with Gasteiger partial charge in [-0.05, 0) is 37.2 Å². The number of hydrogen-bond donors (Lipinski definition) is 1. The van der Waals surface area contributed by atoms with Gasteiger partial charge in [-0.2, -0.15) is 0 Å². The van der Waals surface area contributed by atoms with Crippen molar-refractivity contribution in [1.29, 1.82) is 0 Å². The van der Waals surface area contributed by atoms with Crippen LogP contribution in [-0.4, -0.2) is 59.4 Å². The number of amides is 1. The zero-order valence-corrected chi connectivity index (χ0v) is 19.6. The molecule has 4 rings (SSSR count). The lowest BCUT2D eigenvalue weighted by molar-refractivity contribution is -0.250. The maximum atomic E-state index is 14.0. The quantitative estimate of drug-likeness (QED) is 0.679. The molecule has 2 heterocycles. The summed E-state index contributed by atoms with van der Waals surface area (Å²) in [5.74, 6) is -3.36. The number of likely N-dealkylation sites (N-methyl/N-ethyl adjacent to an activating group) is 1. The van der Waals surface area contributed by atoms with Crippen LogP contribution in [0.1, 0.15) is 58.1 Å². The van der Waals surface area contributed by atoms with Crippen molar-refractivity contribution in [3.8, 4) is 0 Å². The molecule has 0 radical (unpaired) electrons. The normalized spacial score (nSPS) is 40.3. The number of Topliss-reactive ketones (excluding diaryl/α,β-unsaturated/α-hetero) is 1. The van der Waals surface area contributed by atoms with Crippen LogP contribution in [-0.2, 0) is 28.7 Å². The zero-order chi connectivity index (χ0) is 24.3. The number of furan rings is 1. The number of hydrogen-bond acceptors (Lipinski definition) is 8. The molecule has 1 aromatic heterocycles. The van der Waals surface area contributed by atoms with Gasteiger partial charge in [0, 0.05) is 30.9 Å². The van der Waals surface area contributed by atoms with E-state index in [9.17, 15) is 24.3 Å². The molecule has 1 N–H and O–H groups in total. The van der Waals surface area contributed by atoms with Crippen LogP contribution in [0.5, 0.6) is 0 Å². The van der Waals surface area contributed by atoms with Gasteiger partial charge < -0.3 is 23.9 Å². The second-order valence-electron chi connectivity index (χ2n) is 10.2. The lowest BCUT2D eigenvalue weighted by Gasteiger charge is -2.64. The van der Waals surface area contributed by atoms with Gasteiger partial charge in [-0.15, -0.1) is 0 Å². The van der Waals surface area contributed by atoms with Crippen molar-refractivity contribution in [2.75, 3.05) is 14.2 Å². The predicted octanol–water partition coefficient (Wildman–Crippen LogP) is 2.03. The molecular formula is C24H31NO8. The first-order chi connectivity index (χ1) is 15.4. The summed E-state index contributed by atoms with van der Waals surface area (Å²) < 4.78 is 15.9. The Morgan fingerprint density at radius 2 is 1.94 bits per heavy atom. The molecule has 2 saturated carbocycles. The molecule has 180 valence electrons. The van der Waals surface area contributed by atoms with Gasteiger partial charge in [-0.25, -0.2) is 4.79 Å². The molecule has 33 heavy (non-hydrogen) atoms. The minimum Gasteiger partial charge on any atom is -0.472 e. The highest BCUT2D eigenvalue weighted by molar-refractivity contribution is 5.95. The molecule has 1 saturated heterocycles. The molecule has 9 nitrogen and oxygen atoms in total. The van der Waals surface area contributed by atoms with Crippen molar-refractivity contribution in [2.45, 2.75) is 64.2 Å². The Balaban J connectivity index is 1.87. The summed E-state index contributed by atoms with van der Waals surface area (Å²) in [5.41, 5.74) is -3.37. The molecule has 0 spiro atoms. The Kier molecular flexibility index (Phi) is 5.47. The molecule has 7 atom stereocenters. The average Bonchev–Trinajstić information content (AvgIpc) is 3.29. The van der Waals surface area contributed by atoms with Crippen LogP contribution in [0.15, 0.2) is 23.0 Å². The van der Waals surface area contributed by atoms with Crippen molar-refractivity contribution >= 4 is 23.6 Å². The number of aliphatic hydroxyl groups is 1. The number of rotatable bonds is 3. The summed E-state index contributed by atoms with van der Waals surface area (Å²) in [6, 6.07) is 0.814. The highest BCUT2D eigenvalue weighted by atomic mass is 16.6. The van der Waals surface area contributed by atoms with E-state index in [1.165, 1.54) is 38.5 Å². The van der Waals surface area contributed by atoms with Crippen LogP contribution in [0, 0.1) is 22.7 Å². The predicted molar refractivity (Wildman–Crippen MR) is 113 cm³/mol. The van der Waals surface area contributed by atoms with Gasteiger partial charge in [0.2, 0.25) is 5.91 Å². The Bertz CT molecular complexity index is 989. The van der Waals surface area contributed by atoms with Gasteiger partial charge in [0.15, 0.2) is 11.4 Å². The molecule has 1 aromatic rings. The third-order valence-electron chi connectivity index (χ3n) is 8.70. The number of carbonyl (C=O) groups excluding carboxylic acids is 4. The average molecular weight is 462 g/mol. The Labute approximate surface area is 192 Å². The van der Waals surface area contributed by atoms with E-state index in [-0.39, 0.29) is 37.4 Å². The number of nitrogens with zero attached hydrogens (tertiary/aromatic N) is 1. The van der Waals surface area contributed by atoms with Crippen molar-refractivity contribution in [2.24, 2.45) is 22.7 Å². The van der Waals surface area contributed by atoms with Crippen LogP contribution < -0.4 is 0 Å². The number of methoxy groups -OCH3 is 1. The third kappa shape index (κ3) is 3.15. The molecule has 1 amide bonds. The van der Waals surface area contributed by atoms with Crippen LogP contribution in [0.4, 0.5) is 0 Å². The maximum absolute atomic E-state index is 14.0. The SMILES string of the molecule is COC(=O)[C@@H]1C[C@@H](N(C)C(C)=O)C(=O)[C@H]2[C@@]1(C)CC[C@@]1(O)C(=O)O[C@@H](c3ccoc3)C[C@]21C. The number of fused-ring (bicyclic) bond motifs is 3. The van der Waals surface area contributed by atoms with Gasteiger partial charge in [-0.3, -0.25) is 14.4 Å². The molecular weight excluding hydrogens is 430 g/mol. The van der Waals surface area contributed by atoms with Crippen molar-refractivity contribution < 1.29 is 38.2 Å². The molecule has 2 aliphatic carbocycles. The van der Waals surface area contributed by atoms with Crippen molar-refractivity contribution in [3.63, 3.8) is 0 Å². The number of cyclic esters (lactones) is 1. The third-order valence-corrected chi connectivity index (χ3v) is 8.70. The monoisotopic (exact) mass is 461 g/mol. The largest absolute Gasteiger partial charge is 0.472 e. The molecule has 9 heteroatoms. The van der Waals surface area contributed by atoms with Crippen LogP contribution in [0.25, 0.3) is 0 Å². The first kappa shape index (κ1) is 23.5. The topological polar surface area (TPSA) is 123 Å². The summed E-state index contributed by atoms with van der Waals surface area (Å²) in [7, 11) is 2.83. The summed E-state index contributed by atoms with van der Waals surface area (Å²) in [6.45, 7) is 4.95. The number of esters is 2. The number of carbonyl (C=O) groups is 4. The van der Waals surface area contributed by atoms with Gasteiger partial charge in [0.05, 0.1) is 31.6 Å². The molecule has 0 aromatic carbocycles. The number of ether oxygens (including phenoxy) is 2. The minimum atomic E-state index is -1.90. The second-order valence-corrected chi connectivity index (χ2v) is 10.2. The fourth-order valence-corrected chi connectivity index (χ4v) is 6.66.